The van der Waals surface area contributed by atoms with Gasteiger partial charge in [0.05, 0.1) is 17.7 Å². The number of aromatic carboxylic acids is 1. The van der Waals surface area contributed by atoms with Gasteiger partial charge in [-0.15, -0.1) is 0 Å². The van der Waals surface area contributed by atoms with Crippen molar-refractivity contribution in [2.24, 2.45) is 0 Å². The molecule has 4 nitrogen and oxygen atoms in total. The Bertz CT molecular complexity index is 656. The number of aliphatic hydroxyl groups is 1. The quantitative estimate of drug-likeness (QED) is 0.882. The molecule has 20 heavy (non-hydrogen) atoms. The largest absolute Gasteiger partial charge is 0.478 e. The molecule has 1 aromatic heterocycles. The third-order valence-electron chi connectivity index (χ3n) is 3.86. The van der Waals surface area contributed by atoms with E-state index in [4.69, 9.17) is 0 Å². The molecule has 0 unspecified atom stereocenters. The monoisotopic (exact) mass is 275 g/mol. The molecular formula is C16H21NO3. The molecule has 4 heteroatoms. The number of aryl methyl sites for hydroxylation is 2. The summed E-state index contributed by atoms with van der Waals surface area (Å²) < 4.78 is 1.94. The standard InChI is InChI=1S/C16H21NO3/c1-4-5-12-11(3)17(8-9-18)15-13(12)7-6-10(2)14(15)16(19)20/h6-7,18H,4-5,8-9H2,1-3H3,(H,19,20). The Balaban J connectivity index is 2.89. The van der Waals surface area contributed by atoms with Gasteiger partial charge in [-0.3, -0.25) is 0 Å². The molecular weight excluding hydrogens is 254 g/mol. The van der Waals surface area contributed by atoms with Crippen LogP contribution in [0.4, 0.5) is 0 Å². The molecule has 0 fully saturated rings. The van der Waals surface area contributed by atoms with Crippen molar-refractivity contribution in [3.63, 3.8) is 0 Å². The number of hydrogen-bond acceptors (Lipinski definition) is 2. The Morgan fingerprint density at radius 2 is 2.00 bits per heavy atom. The highest BCUT2D eigenvalue weighted by atomic mass is 16.4. The van der Waals surface area contributed by atoms with Crippen LogP contribution in [0, 0.1) is 13.8 Å². The van der Waals surface area contributed by atoms with Crippen LogP contribution in [0.25, 0.3) is 10.9 Å². The lowest BCUT2D eigenvalue weighted by Gasteiger charge is -2.09. The van der Waals surface area contributed by atoms with Gasteiger partial charge in [-0.1, -0.05) is 25.5 Å². The topological polar surface area (TPSA) is 62.5 Å². The summed E-state index contributed by atoms with van der Waals surface area (Å²) in [5.41, 5.74) is 4.10. The molecule has 0 saturated heterocycles. The first-order valence-electron chi connectivity index (χ1n) is 6.98. The van der Waals surface area contributed by atoms with Crippen LogP contribution in [0.1, 0.15) is 40.5 Å². The maximum Gasteiger partial charge on any atom is 0.338 e. The van der Waals surface area contributed by atoms with E-state index < -0.39 is 5.97 Å². The van der Waals surface area contributed by atoms with E-state index in [2.05, 4.69) is 6.92 Å². The summed E-state index contributed by atoms with van der Waals surface area (Å²) in [5.74, 6) is -0.909. The molecule has 0 radical (unpaired) electrons. The van der Waals surface area contributed by atoms with Gasteiger partial charge < -0.3 is 14.8 Å². The molecule has 0 bridgehead atoms. The van der Waals surface area contributed by atoms with E-state index in [-0.39, 0.29) is 6.61 Å². The van der Waals surface area contributed by atoms with Gasteiger partial charge in [0.15, 0.2) is 0 Å². The van der Waals surface area contributed by atoms with Gasteiger partial charge in [0.2, 0.25) is 0 Å². The fourth-order valence-corrected chi connectivity index (χ4v) is 2.96. The lowest BCUT2D eigenvalue weighted by atomic mass is 10.0. The lowest BCUT2D eigenvalue weighted by molar-refractivity contribution is 0.0697. The van der Waals surface area contributed by atoms with Crippen molar-refractivity contribution < 1.29 is 15.0 Å². The average Bonchev–Trinajstić information content (AvgIpc) is 2.65. The van der Waals surface area contributed by atoms with Crippen molar-refractivity contribution >= 4 is 16.9 Å². The zero-order valence-corrected chi connectivity index (χ0v) is 12.2. The molecule has 2 aromatic rings. The number of nitrogens with zero attached hydrogens (tertiary/aromatic N) is 1. The molecule has 108 valence electrons. The van der Waals surface area contributed by atoms with Crippen LogP contribution >= 0.6 is 0 Å². The third kappa shape index (κ3) is 2.20. The van der Waals surface area contributed by atoms with E-state index in [0.717, 1.165) is 35.0 Å². The van der Waals surface area contributed by atoms with Crippen LogP contribution in [-0.4, -0.2) is 27.4 Å². The Kier molecular flexibility index (Phi) is 4.14. The molecule has 0 atom stereocenters. The number of fused-ring (bicyclic) bond motifs is 1. The molecule has 0 spiro atoms. The van der Waals surface area contributed by atoms with E-state index in [9.17, 15) is 15.0 Å². The highest BCUT2D eigenvalue weighted by Gasteiger charge is 2.20. The normalized spacial score (nSPS) is 11.2. The summed E-state index contributed by atoms with van der Waals surface area (Å²) in [5, 5.41) is 19.8. The van der Waals surface area contributed by atoms with Gasteiger partial charge in [-0.05, 0) is 31.4 Å². The first-order chi connectivity index (χ1) is 9.52. The molecule has 0 amide bonds. The predicted octanol–water partition coefficient (Wildman–Crippen LogP) is 2.90. The molecule has 0 aliphatic rings. The van der Waals surface area contributed by atoms with E-state index in [0.29, 0.717) is 12.1 Å². The molecule has 1 heterocycles. The van der Waals surface area contributed by atoms with Crippen LogP contribution in [0.15, 0.2) is 12.1 Å². The van der Waals surface area contributed by atoms with Gasteiger partial charge in [-0.2, -0.15) is 0 Å². The highest BCUT2D eigenvalue weighted by molar-refractivity contribution is 6.05. The second kappa shape index (κ2) is 5.67. The summed E-state index contributed by atoms with van der Waals surface area (Å²) in [7, 11) is 0. The van der Waals surface area contributed by atoms with Gasteiger partial charge in [-0.25, -0.2) is 4.79 Å². The van der Waals surface area contributed by atoms with Crippen LogP contribution in [0.2, 0.25) is 0 Å². The van der Waals surface area contributed by atoms with Crippen molar-refractivity contribution in [2.75, 3.05) is 6.61 Å². The number of hydrogen-bond donors (Lipinski definition) is 2. The molecule has 0 saturated carbocycles. The lowest BCUT2D eigenvalue weighted by Crippen LogP contribution is -2.09. The number of rotatable bonds is 5. The maximum absolute atomic E-state index is 11.6. The van der Waals surface area contributed by atoms with Crippen LogP contribution in [0.3, 0.4) is 0 Å². The van der Waals surface area contributed by atoms with E-state index in [1.54, 1.807) is 0 Å². The van der Waals surface area contributed by atoms with Crippen molar-refractivity contribution in [1.29, 1.82) is 0 Å². The number of aliphatic hydroxyl groups excluding tert-OH is 1. The summed E-state index contributed by atoms with van der Waals surface area (Å²) >= 11 is 0. The Morgan fingerprint density at radius 3 is 2.55 bits per heavy atom. The Hall–Kier alpha value is -1.81. The van der Waals surface area contributed by atoms with Crippen molar-refractivity contribution in [2.45, 2.75) is 40.2 Å². The van der Waals surface area contributed by atoms with E-state index in [1.807, 2.05) is 30.5 Å². The van der Waals surface area contributed by atoms with Gasteiger partial charge in [0, 0.05) is 17.6 Å². The number of benzene rings is 1. The van der Waals surface area contributed by atoms with E-state index >= 15 is 0 Å². The van der Waals surface area contributed by atoms with Crippen LogP contribution < -0.4 is 0 Å². The minimum absolute atomic E-state index is 0.00316. The molecule has 2 rings (SSSR count). The Labute approximate surface area is 118 Å². The van der Waals surface area contributed by atoms with Gasteiger partial charge >= 0.3 is 5.97 Å². The molecule has 0 aliphatic carbocycles. The minimum Gasteiger partial charge on any atom is -0.478 e. The molecule has 0 aliphatic heterocycles. The average molecular weight is 275 g/mol. The smallest absolute Gasteiger partial charge is 0.338 e. The summed E-state index contributed by atoms with van der Waals surface area (Å²) in [6.45, 7) is 6.36. The second-order valence-electron chi connectivity index (χ2n) is 5.15. The van der Waals surface area contributed by atoms with Gasteiger partial charge in [0.1, 0.15) is 0 Å². The first kappa shape index (κ1) is 14.6. The second-order valence-corrected chi connectivity index (χ2v) is 5.15. The summed E-state index contributed by atoms with van der Waals surface area (Å²) in [4.78, 5) is 11.6. The number of carbonyl (C=O) groups is 1. The van der Waals surface area contributed by atoms with Crippen molar-refractivity contribution in [3.8, 4) is 0 Å². The summed E-state index contributed by atoms with van der Waals surface area (Å²) in [6.07, 6.45) is 1.93. The predicted molar refractivity (Wildman–Crippen MR) is 79.5 cm³/mol. The summed E-state index contributed by atoms with van der Waals surface area (Å²) in [6, 6.07) is 3.87. The van der Waals surface area contributed by atoms with Gasteiger partial charge in [0.25, 0.3) is 0 Å². The fourth-order valence-electron chi connectivity index (χ4n) is 2.96. The van der Waals surface area contributed by atoms with Crippen LogP contribution in [0.5, 0.6) is 0 Å². The minimum atomic E-state index is -0.909. The zero-order chi connectivity index (χ0) is 14.9. The number of aromatic nitrogens is 1. The number of carboxylic acids is 1. The maximum atomic E-state index is 11.6. The SMILES string of the molecule is CCCc1c(C)n(CCO)c2c(C(=O)O)c(C)ccc12. The first-order valence-corrected chi connectivity index (χ1v) is 6.98. The molecule has 1 aromatic carbocycles. The Morgan fingerprint density at radius 1 is 1.30 bits per heavy atom. The van der Waals surface area contributed by atoms with E-state index in [1.165, 1.54) is 5.56 Å². The van der Waals surface area contributed by atoms with Crippen LogP contribution in [-0.2, 0) is 13.0 Å². The van der Waals surface area contributed by atoms with Crippen molar-refractivity contribution in [1.82, 2.24) is 4.57 Å². The fraction of sp³-hybridized carbons (Fsp3) is 0.438. The zero-order valence-electron chi connectivity index (χ0n) is 12.2. The highest BCUT2D eigenvalue weighted by Crippen LogP contribution is 2.31. The molecule has 2 N–H and O–H groups in total. The number of carboxylic acid groups (broad SMARTS) is 1. The van der Waals surface area contributed by atoms with Crippen molar-refractivity contribution in [3.05, 3.63) is 34.5 Å². The third-order valence-corrected chi connectivity index (χ3v) is 3.86.